The molecule has 0 aliphatic carbocycles. The van der Waals surface area contributed by atoms with Crippen LogP contribution in [0.2, 0.25) is 0 Å². The van der Waals surface area contributed by atoms with Crippen molar-refractivity contribution in [3.05, 3.63) is 71.8 Å². The van der Waals surface area contributed by atoms with Crippen LogP contribution in [0.1, 0.15) is 30.9 Å². The van der Waals surface area contributed by atoms with Crippen molar-refractivity contribution in [3.63, 3.8) is 0 Å². The molecule has 21 heavy (non-hydrogen) atoms. The van der Waals surface area contributed by atoms with Crippen molar-refractivity contribution in [2.75, 3.05) is 0 Å². The summed E-state index contributed by atoms with van der Waals surface area (Å²) in [4.78, 5) is 0. The van der Waals surface area contributed by atoms with Gasteiger partial charge in [-0.2, -0.15) is 0 Å². The highest BCUT2D eigenvalue weighted by Crippen LogP contribution is 2.27. The number of benzene rings is 2. The van der Waals surface area contributed by atoms with E-state index in [4.69, 9.17) is 4.74 Å². The van der Waals surface area contributed by atoms with Gasteiger partial charge >= 0.3 is 0 Å². The van der Waals surface area contributed by atoms with E-state index in [-0.39, 0.29) is 11.7 Å². The van der Waals surface area contributed by atoms with Gasteiger partial charge in [-0.1, -0.05) is 37.8 Å². The normalized spacial score (nSPS) is 13.5. The quantitative estimate of drug-likeness (QED) is 0.648. The lowest BCUT2D eigenvalue weighted by Crippen LogP contribution is -2.15. The first kappa shape index (κ1) is 15.1. The van der Waals surface area contributed by atoms with Crippen LogP contribution in [0.4, 0.5) is 0 Å². The second-order valence-electron chi connectivity index (χ2n) is 5.20. The predicted molar refractivity (Wildman–Crippen MR) is 83.5 cm³/mol. The molecule has 0 fully saturated rings. The Labute approximate surface area is 125 Å². The third kappa shape index (κ3) is 3.86. The van der Waals surface area contributed by atoms with Gasteiger partial charge in [-0.25, -0.2) is 0 Å². The van der Waals surface area contributed by atoms with E-state index in [0.717, 1.165) is 11.1 Å². The molecule has 0 radical (unpaired) electrons. The van der Waals surface area contributed by atoms with Crippen LogP contribution < -0.4 is 4.74 Å². The van der Waals surface area contributed by atoms with Crippen LogP contribution in [0.25, 0.3) is 0 Å². The van der Waals surface area contributed by atoms with Crippen molar-refractivity contribution in [1.82, 2.24) is 0 Å². The summed E-state index contributed by atoms with van der Waals surface area (Å²) in [5.41, 5.74) is 2.83. The Morgan fingerprint density at radius 3 is 1.95 bits per heavy atom. The molecule has 2 aromatic carbocycles. The standard InChI is InChI=1S/C18H20O3/c1-12(2)18(20)21-17-10-6-15(7-11-17)13(3)14-4-8-16(19)9-5-14/h4-11,13,18-20H,1H2,2-3H3. The van der Waals surface area contributed by atoms with E-state index >= 15 is 0 Å². The largest absolute Gasteiger partial charge is 0.508 e. The van der Waals surface area contributed by atoms with Crippen LogP contribution in [0.3, 0.4) is 0 Å². The zero-order valence-electron chi connectivity index (χ0n) is 12.3. The lowest BCUT2D eigenvalue weighted by Gasteiger charge is -2.16. The number of rotatable bonds is 5. The van der Waals surface area contributed by atoms with Crippen LogP contribution in [-0.2, 0) is 0 Å². The summed E-state index contributed by atoms with van der Waals surface area (Å²) in [6.45, 7) is 7.46. The minimum Gasteiger partial charge on any atom is -0.508 e. The lowest BCUT2D eigenvalue weighted by atomic mass is 9.93. The third-order valence-electron chi connectivity index (χ3n) is 3.44. The third-order valence-corrected chi connectivity index (χ3v) is 3.44. The van der Waals surface area contributed by atoms with Gasteiger partial charge in [-0.3, -0.25) is 0 Å². The summed E-state index contributed by atoms with van der Waals surface area (Å²) >= 11 is 0. The Bertz CT molecular complexity index is 599. The molecule has 0 spiro atoms. The molecule has 0 bridgehead atoms. The van der Waals surface area contributed by atoms with Gasteiger partial charge in [-0.15, -0.1) is 0 Å². The highest BCUT2D eigenvalue weighted by atomic mass is 16.6. The zero-order valence-corrected chi connectivity index (χ0v) is 12.3. The zero-order chi connectivity index (χ0) is 15.4. The molecule has 3 heteroatoms. The Balaban J connectivity index is 2.11. The molecule has 0 saturated heterocycles. The first-order valence-electron chi connectivity index (χ1n) is 6.86. The van der Waals surface area contributed by atoms with E-state index in [1.54, 1.807) is 19.1 Å². The van der Waals surface area contributed by atoms with Gasteiger partial charge in [-0.05, 0) is 47.9 Å². The minimum absolute atomic E-state index is 0.214. The maximum atomic E-state index is 9.62. The van der Waals surface area contributed by atoms with E-state index in [0.29, 0.717) is 11.3 Å². The molecule has 2 N–H and O–H groups in total. The van der Waals surface area contributed by atoms with Crippen LogP contribution in [0.15, 0.2) is 60.7 Å². The Kier molecular flexibility index (Phi) is 4.66. The van der Waals surface area contributed by atoms with E-state index in [9.17, 15) is 10.2 Å². The number of aliphatic hydroxyl groups excluding tert-OH is 1. The lowest BCUT2D eigenvalue weighted by molar-refractivity contribution is 0.0151. The molecular weight excluding hydrogens is 264 g/mol. The van der Waals surface area contributed by atoms with E-state index in [1.165, 1.54) is 0 Å². The first-order valence-corrected chi connectivity index (χ1v) is 6.86. The second kappa shape index (κ2) is 6.46. The molecule has 2 atom stereocenters. The minimum atomic E-state index is -0.981. The number of phenols is 1. The summed E-state index contributed by atoms with van der Waals surface area (Å²) in [5, 5.41) is 18.9. The Morgan fingerprint density at radius 2 is 1.48 bits per heavy atom. The van der Waals surface area contributed by atoms with Crippen molar-refractivity contribution in [2.45, 2.75) is 26.1 Å². The average Bonchev–Trinajstić information content (AvgIpc) is 2.48. The Morgan fingerprint density at radius 1 is 1.00 bits per heavy atom. The summed E-state index contributed by atoms with van der Waals surface area (Å²) in [7, 11) is 0. The smallest absolute Gasteiger partial charge is 0.219 e. The number of aromatic hydroxyl groups is 1. The average molecular weight is 284 g/mol. The van der Waals surface area contributed by atoms with Gasteiger partial charge in [0.05, 0.1) is 0 Å². The van der Waals surface area contributed by atoms with E-state index in [2.05, 4.69) is 13.5 Å². The van der Waals surface area contributed by atoms with Crippen molar-refractivity contribution in [2.24, 2.45) is 0 Å². The Hall–Kier alpha value is -2.26. The summed E-state index contributed by atoms with van der Waals surface area (Å²) in [5.74, 6) is 1.08. The fourth-order valence-electron chi connectivity index (χ4n) is 2.02. The molecule has 0 aliphatic heterocycles. The van der Waals surface area contributed by atoms with E-state index < -0.39 is 6.29 Å². The molecule has 2 unspecified atom stereocenters. The number of aliphatic hydroxyl groups is 1. The fourth-order valence-corrected chi connectivity index (χ4v) is 2.02. The molecule has 2 aromatic rings. The molecule has 0 aromatic heterocycles. The van der Waals surface area contributed by atoms with Gasteiger partial charge < -0.3 is 14.9 Å². The van der Waals surface area contributed by atoms with Crippen LogP contribution in [0, 0.1) is 0 Å². The topological polar surface area (TPSA) is 49.7 Å². The molecule has 0 saturated carbocycles. The van der Waals surface area contributed by atoms with Crippen molar-refractivity contribution < 1.29 is 14.9 Å². The van der Waals surface area contributed by atoms with Gasteiger partial charge in [0.25, 0.3) is 0 Å². The number of hydrogen-bond acceptors (Lipinski definition) is 3. The maximum Gasteiger partial charge on any atom is 0.219 e. The monoisotopic (exact) mass is 284 g/mol. The predicted octanol–water partition coefficient (Wildman–Crippen LogP) is 3.82. The molecule has 2 rings (SSSR count). The number of phenolic OH excluding ortho intramolecular Hbond substituents is 1. The summed E-state index contributed by atoms with van der Waals surface area (Å²) < 4.78 is 5.35. The highest BCUT2D eigenvalue weighted by Gasteiger charge is 2.10. The molecule has 0 aliphatic rings. The molecule has 0 heterocycles. The maximum absolute atomic E-state index is 9.62. The molecule has 0 amide bonds. The van der Waals surface area contributed by atoms with E-state index in [1.807, 2.05) is 36.4 Å². The van der Waals surface area contributed by atoms with Gasteiger partial charge in [0.1, 0.15) is 11.5 Å². The van der Waals surface area contributed by atoms with Gasteiger partial charge in [0, 0.05) is 5.92 Å². The van der Waals surface area contributed by atoms with Crippen molar-refractivity contribution >= 4 is 0 Å². The van der Waals surface area contributed by atoms with Crippen LogP contribution >= 0.6 is 0 Å². The van der Waals surface area contributed by atoms with Gasteiger partial charge in [0.15, 0.2) is 0 Å². The molecule has 110 valence electrons. The molecule has 3 nitrogen and oxygen atoms in total. The summed E-state index contributed by atoms with van der Waals surface area (Å²) in [6, 6.07) is 14.8. The molecular formula is C18H20O3. The number of ether oxygens (including phenoxy) is 1. The SMILES string of the molecule is C=C(C)C(O)Oc1ccc(C(C)c2ccc(O)cc2)cc1. The highest BCUT2D eigenvalue weighted by molar-refractivity contribution is 5.37. The fraction of sp³-hybridized carbons (Fsp3) is 0.222. The first-order chi connectivity index (χ1) is 9.97. The number of hydrogen-bond donors (Lipinski definition) is 2. The van der Waals surface area contributed by atoms with Crippen LogP contribution in [0.5, 0.6) is 11.5 Å². The second-order valence-corrected chi connectivity index (χ2v) is 5.20. The van der Waals surface area contributed by atoms with Crippen molar-refractivity contribution in [3.8, 4) is 11.5 Å². The van der Waals surface area contributed by atoms with Crippen LogP contribution in [-0.4, -0.2) is 16.5 Å². The summed E-state index contributed by atoms with van der Waals surface area (Å²) in [6.07, 6.45) is -0.981. The van der Waals surface area contributed by atoms with Gasteiger partial charge in [0.2, 0.25) is 6.29 Å². The van der Waals surface area contributed by atoms with Crippen molar-refractivity contribution in [1.29, 1.82) is 0 Å².